The van der Waals surface area contributed by atoms with Gasteiger partial charge >= 0.3 is 0 Å². The van der Waals surface area contributed by atoms with Gasteiger partial charge in [0.15, 0.2) is 5.16 Å². The second-order valence-electron chi connectivity index (χ2n) is 1.32. The lowest BCUT2D eigenvalue weighted by Gasteiger charge is -1.89. The Labute approximate surface area is 62.7 Å². The topological polar surface area (TPSA) is 25.8 Å². The van der Waals surface area contributed by atoms with Gasteiger partial charge in [-0.1, -0.05) is 23.4 Å². The van der Waals surface area contributed by atoms with E-state index in [0.29, 0.717) is 10.2 Å². The van der Waals surface area contributed by atoms with E-state index in [-0.39, 0.29) is 0 Å². The third-order valence-electron chi connectivity index (χ3n) is 0.729. The van der Waals surface area contributed by atoms with Gasteiger partial charge in [0.2, 0.25) is 0 Å². The highest BCUT2D eigenvalue weighted by Crippen LogP contribution is 2.08. The zero-order valence-corrected chi connectivity index (χ0v) is 6.33. The quantitative estimate of drug-likeness (QED) is 0.461. The molecule has 1 radical (unpaired) electrons. The summed E-state index contributed by atoms with van der Waals surface area (Å²) in [4.78, 5) is 7.68. The zero-order valence-electron chi connectivity index (χ0n) is 4.76. The van der Waals surface area contributed by atoms with Gasteiger partial charge in [-0.3, -0.25) is 0 Å². The molecule has 1 heterocycles. The first-order chi connectivity index (χ1) is 4.33. The summed E-state index contributed by atoms with van der Waals surface area (Å²) in [6, 6.07) is 0. The van der Waals surface area contributed by atoms with Crippen molar-refractivity contribution in [1.29, 1.82) is 0 Å². The maximum Gasteiger partial charge on any atom is 0.187 e. The fourth-order valence-electron chi connectivity index (χ4n) is 0.369. The van der Waals surface area contributed by atoms with Gasteiger partial charge in [-0.25, -0.2) is 9.97 Å². The van der Waals surface area contributed by atoms with Gasteiger partial charge in [0.05, 0.1) is 11.2 Å². The molecule has 0 amide bonds. The highest BCUT2D eigenvalue weighted by Gasteiger charge is 1.91. The van der Waals surface area contributed by atoms with Gasteiger partial charge in [-0.15, -0.1) is 0 Å². The van der Waals surface area contributed by atoms with Crippen molar-refractivity contribution in [3.05, 3.63) is 17.4 Å². The Morgan fingerprint density at radius 3 is 3.00 bits per heavy atom. The second-order valence-corrected chi connectivity index (χ2v) is 2.50. The molecule has 1 aromatic heterocycles. The van der Waals surface area contributed by atoms with Crippen LogP contribution in [0.4, 0.5) is 0 Å². The van der Waals surface area contributed by atoms with Crippen LogP contribution in [0.3, 0.4) is 0 Å². The molecular weight excluding hydrogens is 156 g/mol. The van der Waals surface area contributed by atoms with Crippen LogP contribution in [0.1, 0.15) is 0 Å². The van der Waals surface area contributed by atoms with Crippen LogP contribution >= 0.6 is 23.4 Å². The molecule has 1 rings (SSSR count). The minimum Gasteiger partial charge on any atom is -0.230 e. The highest BCUT2D eigenvalue weighted by molar-refractivity contribution is 7.98. The Morgan fingerprint density at radius 1 is 1.78 bits per heavy atom. The van der Waals surface area contributed by atoms with Crippen LogP contribution < -0.4 is 0 Å². The van der Waals surface area contributed by atoms with Crippen molar-refractivity contribution in [2.45, 2.75) is 5.16 Å². The van der Waals surface area contributed by atoms with Crippen molar-refractivity contribution in [2.75, 3.05) is 6.26 Å². The Morgan fingerprint density at radius 2 is 2.56 bits per heavy atom. The van der Waals surface area contributed by atoms with Crippen molar-refractivity contribution in [3.63, 3.8) is 0 Å². The Hall–Kier alpha value is -0.280. The van der Waals surface area contributed by atoms with Gasteiger partial charge in [0.25, 0.3) is 0 Å². The van der Waals surface area contributed by atoms with Crippen LogP contribution in [0.2, 0.25) is 5.02 Å². The van der Waals surface area contributed by atoms with E-state index in [2.05, 4.69) is 16.2 Å². The summed E-state index contributed by atoms with van der Waals surface area (Å²) in [7, 11) is 0. The van der Waals surface area contributed by atoms with Crippen molar-refractivity contribution in [2.24, 2.45) is 0 Å². The number of thioether (sulfide) groups is 1. The maximum atomic E-state index is 5.48. The molecular formula is C5H4ClN2S. The van der Waals surface area contributed by atoms with E-state index in [9.17, 15) is 0 Å². The molecule has 0 aliphatic heterocycles. The van der Waals surface area contributed by atoms with Crippen molar-refractivity contribution in [3.8, 4) is 0 Å². The number of hydrogen-bond donors (Lipinski definition) is 0. The molecule has 47 valence electrons. The Bertz CT molecular complexity index is 187. The molecule has 0 bridgehead atoms. The minimum atomic E-state index is 0.452. The summed E-state index contributed by atoms with van der Waals surface area (Å²) in [6.07, 6.45) is 6.01. The molecule has 0 N–H and O–H groups in total. The van der Waals surface area contributed by atoms with Crippen molar-refractivity contribution < 1.29 is 0 Å². The van der Waals surface area contributed by atoms with Crippen molar-refractivity contribution in [1.82, 2.24) is 9.97 Å². The molecule has 0 aliphatic rings. The molecule has 4 heteroatoms. The van der Waals surface area contributed by atoms with Gasteiger partial charge in [0.1, 0.15) is 6.20 Å². The maximum absolute atomic E-state index is 5.48. The average Bonchev–Trinajstić information content (AvgIpc) is 1.90. The van der Waals surface area contributed by atoms with Gasteiger partial charge in [-0.2, -0.15) is 0 Å². The lowest BCUT2D eigenvalue weighted by molar-refractivity contribution is 0.964. The second kappa shape index (κ2) is 3.03. The largest absolute Gasteiger partial charge is 0.230 e. The SMILES string of the molecule is CSc1n[c]c(Cl)cn1. The molecule has 0 fully saturated rings. The third kappa shape index (κ3) is 1.84. The van der Waals surface area contributed by atoms with Crippen LogP contribution in [0.15, 0.2) is 11.4 Å². The molecule has 2 nitrogen and oxygen atoms in total. The van der Waals surface area contributed by atoms with E-state index in [1.165, 1.54) is 18.0 Å². The van der Waals surface area contributed by atoms with E-state index >= 15 is 0 Å². The van der Waals surface area contributed by atoms with Gasteiger partial charge < -0.3 is 0 Å². The van der Waals surface area contributed by atoms with Crippen LogP contribution in [0.25, 0.3) is 0 Å². The van der Waals surface area contributed by atoms with E-state index in [0.717, 1.165) is 0 Å². The highest BCUT2D eigenvalue weighted by atomic mass is 35.5. The molecule has 9 heavy (non-hydrogen) atoms. The predicted octanol–water partition coefficient (Wildman–Crippen LogP) is 1.65. The van der Waals surface area contributed by atoms with Crippen LogP contribution in [0.5, 0.6) is 0 Å². The van der Waals surface area contributed by atoms with E-state index in [1.807, 2.05) is 6.26 Å². The summed E-state index contributed by atoms with van der Waals surface area (Å²) in [5.74, 6) is 0. The predicted molar refractivity (Wildman–Crippen MR) is 37.7 cm³/mol. The molecule has 0 unspecified atom stereocenters. The standard InChI is InChI=1S/C5H4ClN2S/c1-9-5-7-2-4(6)3-8-5/h2H,1H3. The number of aromatic nitrogens is 2. The molecule has 0 atom stereocenters. The lowest BCUT2D eigenvalue weighted by Crippen LogP contribution is -1.82. The normalized spacial score (nSPS) is 9.56. The first-order valence-corrected chi connectivity index (χ1v) is 3.87. The van der Waals surface area contributed by atoms with Crippen molar-refractivity contribution >= 4 is 23.4 Å². The van der Waals surface area contributed by atoms with Crippen LogP contribution in [-0.4, -0.2) is 16.2 Å². The summed E-state index contributed by atoms with van der Waals surface area (Å²) in [5.41, 5.74) is 0. The molecule has 0 aromatic carbocycles. The summed E-state index contributed by atoms with van der Waals surface area (Å²) < 4.78 is 0. The molecule has 0 spiro atoms. The fourth-order valence-corrected chi connectivity index (χ4v) is 0.755. The number of hydrogen-bond acceptors (Lipinski definition) is 3. The summed E-state index contributed by atoms with van der Waals surface area (Å²) in [6.45, 7) is 0. The molecule has 0 saturated heterocycles. The molecule has 0 saturated carbocycles. The van der Waals surface area contributed by atoms with E-state index in [1.54, 1.807) is 0 Å². The Balaban J connectivity index is 2.88. The minimum absolute atomic E-state index is 0.452. The number of halogens is 1. The summed E-state index contributed by atoms with van der Waals surface area (Å²) in [5, 5.41) is 1.15. The number of rotatable bonds is 1. The smallest absolute Gasteiger partial charge is 0.187 e. The van der Waals surface area contributed by atoms with Crippen LogP contribution in [0, 0.1) is 6.20 Å². The monoisotopic (exact) mass is 159 g/mol. The molecule has 0 aliphatic carbocycles. The zero-order chi connectivity index (χ0) is 6.69. The van der Waals surface area contributed by atoms with Gasteiger partial charge in [0, 0.05) is 0 Å². The van der Waals surface area contributed by atoms with Gasteiger partial charge in [-0.05, 0) is 6.26 Å². The van der Waals surface area contributed by atoms with E-state index < -0.39 is 0 Å². The first kappa shape index (κ1) is 6.83. The fraction of sp³-hybridized carbons (Fsp3) is 0.200. The summed E-state index contributed by atoms with van der Waals surface area (Å²) >= 11 is 6.94. The van der Waals surface area contributed by atoms with E-state index in [4.69, 9.17) is 11.6 Å². The Kier molecular flexibility index (Phi) is 2.30. The number of nitrogens with zero attached hydrogens (tertiary/aromatic N) is 2. The average molecular weight is 160 g/mol. The first-order valence-electron chi connectivity index (χ1n) is 2.27. The molecule has 1 aromatic rings. The van der Waals surface area contributed by atoms with Crippen LogP contribution in [-0.2, 0) is 0 Å². The third-order valence-corrected chi connectivity index (χ3v) is 1.47. The lowest BCUT2D eigenvalue weighted by atomic mass is 10.7.